The largest absolute Gasteiger partial charge is 0.490 e. The van der Waals surface area contributed by atoms with E-state index >= 15 is 0 Å². The van der Waals surface area contributed by atoms with E-state index in [1.54, 1.807) is 0 Å². The molecule has 0 radical (unpaired) electrons. The molecule has 6 rings (SSSR count). The molecule has 0 heterocycles. The van der Waals surface area contributed by atoms with Crippen molar-refractivity contribution in [3.05, 3.63) is 103 Å². The molecule has 69 heavy (non-hydrogen) atoms. The summed E-state index contributed by atoms with van der Waals surface area (Å²) < 4.78 is 182. The minimum Gasteiger partial charge on any atom is -0.490 e. The predicted molar refractivity (Wildman–Crippen MR) is 221 cm³/mol. The van der Waals surface area contributed by atoms with Crippen molar-refractivity contribution in [1.29, 1.82) is 0 Å². The first-order valence-electron chi connectivity index (χ1n) is 21.7. The van der Waals surface area contributed by atoms with Crippen LogP contribution in [0.5, 0.6) is 11.5 Å². The van der Waals surface area contributed by atoms with Gasteiger partial charge in [0.05, 0.1) is 36.9 Å². The number of nitro groups is 2. The van der Waals surface area contributed by atoms with Crippen molar-refractivity contribution in [3.63, 3.8) is 0 Å². The summed E-state index contributed by atoms with van der Waals surface area (Å²) in [6.45, 7) is 2.15. The van der Waals surface area contributed by atoms with Gasteiger partial charge in [-0.25, -0.2) is 0 Å². The lowest BCUT2D eigenvalue weighted by Crippen LogP contribution is -2.34. The lowest BCUT2D eigenvalue weighted by Gasteiger charge is -2.31. The van der Waals surface area contributed by atoms with E-state index in [0.29, 0.717) is 0 Å². The van der Waals surface area contributed by atoms with Gasteiger partial charge in [-0.2, -0.15) is 52.7 Å². The second-order valence-electron chi connectivity index (χ2n) is 17.9. The minimum atomic E-state index is -5.02. The summed E-state index contributed by atoms with van der Waals surface area (Å²) in [4.78, 5) is 49.0. The normalized spacial score (nSPS) is 21.2. The van der Waals surface area contributed by atoms with Crippen molar-refractivity contribution >= 4 is 33.5 Å². The Labute approximate surface area is 384 Å². The zero-order chi connectivity index (χ0) is 51.1. The smallest absolute Gasteiger partial charge is 0.420 e. The van der Waals surface area contributed by atoms with Gasteiger partial charge in [-0.1, -0.05) is 36.4 Å². The third-order valence-electron chi connectivity index (χ3n) is 13.3. The molecule has 0 N–H and O–H groups in total. The van der Waals surface area contributed by atoms with E-state index in [1.807, 2.05) is 0 Å². The van der Waals surface area contributed by atoms with Crippen molar-refractivity contribution < 1.29 is 86.3 Å². The van der Waals surface area contributed by atoms with Crippen molar-refractivity contribution in [2.75, 3.05) is 0 Å². The second-order valence-corrected chi connectivity index (χ2v) is 17.9. The average Bonchev–Trinajstić information content (AvgIpc) is 3.25. The molecule has 0 bridgehead atoms. The molecule has 0 saturated heterocycles. The summed E-state index contributed by atoms with van der Waals surface area (Å²) in [7, 11) is 0. The first-order chi connectivity index (χ1) is 31.9. The Morgan fingerprint density at radius 1 is 0.536 bits per heavy atom. The minimum absolute atomic E-state index is 0.124. The van der Waals surface area contributed by atoms with E-state index in [1.165, 1.54) is 12.1 Å². The molecule has 0 amide bonds. The molecule has 0 aromatic heterocycles. The van der Waals surface area contributed by atoms with Gasteiger partial charge in [0.2, 0.25) is 11.1 Å². The fraction of sp³-hybridized carbons (Fsp3) is 0.522. The number of ether oxygens (including phenoxy) is 3. The van der Waals surface area contributed by atoms with E-state index < -0.39 is 141 Å². The van der Waals surface area contributed by atoms with Crippen LogP contribution >= 0.6 is 0 Å². The Morgan fingerprint density at radius 3 is 1.16 bits per heavy atom. The topological polar surface area (TPSA) is 148 Å². The maximum absolute atomic E-state index is 14.5. The van der Waals surface area contributed by atoms with Crippen molar-refractivity contribution in [2.24, 2.45) is 11.8 Å². The van der Waals surface area contributed by atoms with E-state index in [-0.39, 0.29) is 73.3 Å². The van der Waals surface area contributed by atoms with Crippen LogP contribution < -0.4 is 9.47 Å². The molecule has 2 unspecified atom stereocenters. The SMILES string of the molecule is CC(CCC(=O)OC(=O)CCC(C)(c1ccc2c(C(F)(F)F)c(OC3CCC(C(F)(F)F)CC3)ccc2c1)[N+](=O)[O-])(c1ccc2c(C(F)(F)F)c(OC3CCC(C(F)(F)F)CC3)ccc2c1)[N+](=O)[O-]. The molecule has 2 atom stereocenters. The van der Waals surface area contributed by atoms with Crippen LogP contribution in [0.1, 0.15) is 113 Å². The first-order valence-corrected chi connectivity index (χ1v) is 21.7. The van der Waals surface area contributed by atoms with Gasteiger partial charge in [0.1, 0.15) is 22.6 Å². The Balaban J connectivity index is 1.11. The third kappa shape index (κ3) is 11.8. The number of rotatable bonds is 14. The number of benzene rings is 4. The Hall–Kier alpha value is -5.90. The molecular formula is C46H44F12N2O9. The molecule has 0 aliphatic heterocycles. The highest BCUT2D eigenvalue weighted by Gasteiger charge is 2.46. The van der Waals surface area contributed by atoms with E-state index in [4.69, 9.17) is 14.2 Å². The van der Waals surface area contributed by atoms with Crippen molar-refractivity contribution in [1.82, 2.24) is 0 Å². The van der Waals surface area contributed by atoms with Gasteiger partial charge in [0.25, 0.3) is 0 Å². The van der Waals surface area contributed by atoms with Crippen LogP contribution in [-0.4, -0.2) is 46.3 Å². The maximum atomic E-state index is 14.5. The molecule has 2 fully saturated rings. The lowest BCUT2D eigenvalue weighted by atomic mass is 9.85. The number of carbonyl (C=O) groups is 2. The van der Waals surface area contributed by atoms with Crippen LogP contribution in [0.2, 0.25) is 0 Å². The Morgan fingerprint density at radius 2 is 0.870 bits per heavy atom. The molecule has 2 aliphatic carbocycles. The lowest BCUT2D eigenvalue weighted by molar-refractivity contribution is -0.575. The maximum Gasteiger partial charge on any atom is 0.420 e. The fourth-order valence-electron chi connectivity index (χ4n) is 9.05. The quantitative estimate of drug-likeness (QED) is 0.0396. The summed E-state index contributed by atoms with van der Waals surface area (Å²) in [5.41, 5.74) is -7.11. The number of fused-ring (bicyclic) bond motifs is 2. The van der Waals surface area contributed by atoms with Crippen molar-refractivity contribution in [3.8, 4) is 11.5 Å². The Bertz CT molecular complexity index is 2410. The molecule has 4 aromatic carbocycles. The summed E-state index contributed by atoms with van der Waals surface area (Å²) in [5, 5.41) is 23.8. The van der Waals surface area contributed by atoms with Crippen LogP contribution in [0.4, 0.5) is 52.7 Å². The van der Waals surface area contributed by atoms with Gasteiger partial charge in [0, 0.05) is 47.7 Å². The van der Waals surface area contributed by atoms with E-state index in [9.17, 15) is 82.5 Å². The molecule has 376 valence electrons. The van der Waals surface area contributed by atoms with Crippen LogP contribution in [0.3, 0.4) is 0 Å². The molecule has 4 aromatic rings. The molecule has 11 nitrogen and oxygen atoms in total. The second kappa shape index (κ2) is 19.5. The summed E-state index contributed by atoms with van der Waals surface area (Å²) in [6.07, 6.45) is -25.5. The molecule has 2 saturated carbocycles. The fourth-order valence-corrected chi connectivity index (χ4v) is 9.05. The zero-order valence-electron chi connectivity index (χ0n) is 36.7. The number of hydrogen-bond acceptors (Lipinski definition) is 9. The van der Waals surface area contributed by atoms with Gasteiger partial charge in [-0.3, -0.25) is 29.8 Å². The van der Waals surface area contributed by atoms with Gasteiger partial charge in [-0.05, 0) is 97.2 Å². The van der Waals surface area contributed by atoms with E-state index in [0.717, 1.165) is 62.4 Å². The number of halogens is 12. The molecular weight excluding hydrogens is 952 g/mol. The zero-order valence-corrected chi connectivity index (χ0v) is 36.7. The highest BCUT2D eigenvalue weighted by atomic mass is 19.4. The standard InChI is InChI=1S/C46H44F12N2O9/c1-41(59(63)64,29-9-15-33-25(23-29)3-17-35(39(33)45(53,54)55)67-31-11-5-27(6-12-31)43(47,48)49)21-19-37(61)69-38(62)20-22-42(2,60(65)66)30-10-16-34-26(24-30)4-18-36(40(34)46(56,57)58)68-32-13-7-28(8-14-32)44(50,51)52/h3-4,9-10,15-18,23-24,27-28,31-32H,5-8,11-14,19-22H2,1-2H3. The monoisotopic (exact) mass is 996 g/mol. The Kier molecular flexibility index (Phi) is 14.8. The highest BCUT2D eigenvalue weighted by molar-refractivity contribution is 5.90. The number of esters is 2. The number of alkyl halides is 12. The highest BCUT2D eigenvalue weighted by Crippen LogP contribution is 2.47. The van der Waals surface area contributed by atoms with Crippen LogP contribution in [0, 0.1) is 32.1 Å². The van der Waals surface area contributed by atoms with Gasteiger partial charge >= 0.3 is 36.6 Å². The van der Waals surface area contributed by atoms with Crippen LogP contribution in [0.15, 0.2) is 60.7 Å². The van der Waals surface area contributed by atoms with E-state index in [2.05, 4.69) is 0 Å². The summed E-state index contributed by atoms with van der Waals surface area (Å²) in [6, 6.07) is 10.5. The van der Waals surface area contributed by atoms with Gasteiger partial charge in [-0.15, -0.1) is 0 Å². The van der Waals surface area contributed by atoms with Crippen LogP contribution in [0.25, 0.3) is 21.5 Å². The predicted octanol–water partition coefficient (Wildman–Crippen LogP) is 13.3. The molecule has 2 aliphatic rings. The van der Waals surface area contributed by atoms with Crippen molar-refractivity contribution in [2.45, 2.75) is 139 Å². The van der Waals surface area contributed by atoms with Crippen LogP contribution in [-0.2, 0) is 37.8 Å². The van der Waals surface area contributed by atoms with Gasteiger partial charge < -0.3 is 14.2 Å². The number of hydrogen-bond donors (Lipinski definition) is 0. The third-order valence-corrected chi connectivity index (χ3v) is 13.3. The molecule has 23 heteroatoms. The molecule has 0 spiro atoms. The average molecular weight is 997 g/mol. The summed E-state index contributed by atoms with van der Waals surface area (Å²) >= 11 is 0. The first kappa shape index (κ1) is 52.5. The summed E-state index contributed by atoms with van der Waals surface area (Å²) in [5.74, 6) is -7.05. The number of carbonyl (C=O) groups excluding carboxylic acids is 2. The number of nitrogens with zero attached hydrogens (tertiary/aromatic N) is 2. The van der Waals surface area contributed by atoms with Gasteiger partial charge in [0.15, 0.2) is 0 Å².